The summed E-state index contributed by atoms with van der Waals surface area (Å²) in [6.07, 6.45) is 0. The van der Waals surface area contributed by atoms with Crippen molar-refractivity contribution in [2.45, 2.75) is 41.2 Å². The van der Waals surface area contributed by atoms with E-state index in [2.05, 4.69) is 19.1 Å². The summed E-state index contributed by atoms with van der Waals surface area (Å²) in [4.78, 5) is 0. The van der Waals surface area contributed by atoms with E-state index >= 15 is 0 Å². The van der Waals surface area contributed by atoms with Crippen molar-refractivity contribution in [3.63, 3.8) is 0 Å². The lowest BCUT2D eigenvalue weighted by molar-refractivity contribution is 0.280. The fourth-order valence-electron chi connectivity index (χ4n) is 1.46. The SMILES string of the molecule is CC.Cc1cc(C)c(CO)c(C)c1. The Hall–Kier alpha value is -0.820. The van der Waals surface area contributed by atoms with E-state index in [0.717, 1.165) is 5.56 Å². The molecule has 1 rings (SSSR count). The van der Waals surface area contributed by atoms with Crippen LogP contribution in [0.5, 0.6) is 0 Å². The van der Waals surface area contributed by atoms with Crippen molar-refractivity contribution in [1.82, 2.24) is 0 Å². The van der Waals surface area contributed by atoms with Gasteiger partial charge in [-0.3, -0.25) is 0 Å². The van der Waals surface area contributed by atoms with Gasteiger partial charge in [0.15, 0.2) is 0 Å². The lowest BCUT2D eigenvalue weighted by Gasteiger charge is -2.07. The highest BCUT2D eigenvalue weighted by Crippen LogP contribution is 2.15. The zero-order valence-corrected chi connectivity index (χ0v) is 9.31. The average molecular weight is 180 g/mol. The molecule has 0 fully saturated rings. The summed E-state index contributed by atoms with van der Waals surface area (Å²) in [6.45, 7) is 10.3. The first kappa shape index (κ1) is 12.2. The summed E-state index contributed by atoms with van der Waals surface area (Å²) in [6, 6.07) is 4.19. The first-order chi connectivity index (χ1) is 6.15. The summed E-state index contributed by atoms with van der Waals surface area (Å²) in [7, 11) is 0. The van der Waals surface area contributed by atoms with Gasteiger partial charge in [-0.2, -0.15) is 0 Å². The van der Waals surface area contributed by atoms with Gasteiger partial charge in [0.05, 0.1) is 6.61 Å². The molecule has 0 spiro atoms. The Kier molecular flexibility index (Phi) is 5.40. The molecule has 1 heteroatoms. The molecule has 0 bridgehead atoms. The number of hydrogen-bond acceptors (Lipinski definition) is 1. The molecule has 0 amide bonds. The van der Waals surface area contributed by atoms with E-state index in [1.165, 1.54) is 16.7 Å². The zero-order valence-electron chi connectivity index (χ0n) is 9.31. The van der Waals surface area contributed by atoms with Crippen LogP contribution in [-0.4, -0.2) is 5.11 Å². The number of hydrogen-bond donors (Lipinski definition) is 1. The Morgan fingerprint density at radius 1 is 1.00 bits per heavy atom. The lowest BCUT2D eigenvalue weighted by Crippen LogP contribution is -1.93. The highest BCUT2D eigenvalue weighted by Gasteiger charge is 2.00. The van der Waals surface area contributed by atoms with E-state index in [4.69, 9.17) is 5.11 Å². The second kappa shape index (κ2) is 5.76. The van der Waals surface area contributed by atoms with Crippen LogP contribution in [0, 0.1) is 20.8 Å². The predicted octanol–water partition coefficient (Wildman–Crippen LogP) is 3.13. The van der Waals surface area contributed by atoms with Crippen molar-refractivity contribution in [2.24, 2.45) is 0 Å². The van der Waals surface area contributed by atoms with Gasteiger partial charge in [0.1, 0.15) is 0 Å². The molecule has 1 aromatic carbocycles. The molecule has 1 nitrogen and oxygen atoms in total. The maximum Gasteiger partial charge on any atom is 0.0686 e. The molecule has 1 N–H and O–H groups in total. The van der Waals surface area contributed by atoms with Gasteiger partial charge in [0.25, 0.3) is 0 Å². The van der Waals surface area contributed by atoms with Crippen molar-refractivity contribution >= 4 is 0 Å². The monoisotopic (exact) mass is 180 g/mol. The molecule has 0 aliphatic carbocycles. The third-order valence-electron chi connectivity index (χ3n) is 2.00. The molecule has 0 aliphatic rings. The van der Waals surface area contributed by atoms with E-state index in [1.807, 2.05) is 27.7 Å². The highest BCUT2D eigenvalue weighted by molar-refractivity contribution is 5.36. The van der Waals surface area contributed by atoms with Gasteiger partial charge in [-0.15, -0.1) is 0 Å². The number of aryl methyl sites for hydroxylation is 3. The molecule has 0 saturated heterocycles. The summed E-state index contributed by atoms with van der Waals surface area (Å²) >= 11 is 0. The molecule has 0 saturated carbocycles. The summed E-state index contributed by atoms with van der Waals surface area (Å²) in [5.41, 5.74) is 4.70. The van der Waals surface area contributed by atoms with Crippen molar-refractivity contribution < 1.29 is 5.11 Å². The standard InChI is InChI=1S/C10H14O.C2H6/c1-7-4-8(2)10(6-11)9(3)5-7;1-2/h4-5,11H,6H2,1-3H3;1-2H3. The number of rotatable bonds is 1. The minimum Gasteiger partial charge on any atom is -0.392 e. The van der Waals surface area contributed by atoms with E-state index in [0.29, 0.717) is 0 Å². The molecule has 0 atom stereocenters. The normalized spacial score (nSPS) is 9.08. The fraction of sp³-hybridized carbons (Fsp3) is 0.500. The van der Waals surface area contributed by atoms with Gasteiger partial charge in [-0.25, -0.2) is 0 Å². The Labute approximate surface area is 81.4 Å². The smallest absolute Gasteiger partial charge is 0.0686 e. The van der Waals surface area contributed by atoms with Gasteiger partial charge in [0.2, 0.25) is 0 Å². The second-order valence-electron chi connectivity index (χ2n) is 3.04. The van der Waals surface area contributed by atoms with Gasteiger partial charge < -0.3 is 5.11 Å². The molecule has 13 heavy (non-hydrogen) atoms. The molecule has 0 heterocycles. The van der Waals surface area contributed by atoms with Crippen LogP contribution in [0.15, 0.2) is 12.1 Å². The Bertz CT molecular complexity index is 241. The van der Waals surface area contributed by atoms with Gasteiger partial charge in [0, 0.05) is 0 Å². The van der Waals surface area contributed by atoms with Crippen LogP contribution in [0.4, 0.5) is 0 Å². The first-order valence-electron chi connectivity index (χ1n) is 4.82. The number of benzene rings is 1. The van der Waals surface area contributed by atoms with Gasteiger partial charge in [-0.05, 0) is 37.5 Å². The topological polar surface area (TPSA) is 20.2 Å². The lowest BCUT2D eigenvalue weighted by atomic mass is 10.0. The third kappa shape index (κ3) is 3.19. The van der Waals surface area contributed by atoms with Crippen LogP contribution >= 0.6 is 0 Å². The van der Waals surface area contributed by atoms with Crippen LogP contribution in [0.2, 0.25) is 0 Å². The number of aliphatic hydroxyl groups excluding tert-OH is 1. The maximum absolute atomic E-state index is 8.99. The van der Waals surface area contributed by atoms with Crippen LogP contribution in [0.25, 0.3) is 0 Å². The Morgan fingerprint density at radius 3 is 1.69 bits per heavy atom. The Balaban J connectivity index is 0.000000671. The summed E-state index contributed by atoms with van der Waals surface area (Å²) < 4.78 is 0. The largest absolute Gasteiger partial charge is 0.392 e. The van der Waals surface area contributed by atoms with Crippen LogP contribution in [0.3, 0.4) is 0 Å². The van der Waals surface area contributed by atoms with Crippen LogP contribution in [0.1, 0.15) is 36.1 Å². The Morgan fingerprint density at radius 2 is 1.38 bits per heavy atom. The molecular formula is C12H20O. The maximum atomic E-state index is 8.99. The molecular weight excluding hydrogens is 160 g/mol. The fourth-order valence-corrected chi connectivity index (χ4v) is 1.46. The van der Waals surface area contributed by atoms with Gasteiger partial charge >= 0.3 is 0 Å². The quantitative estimate of drug-likeness (QED) is 0.704. The van der Waals surface area contributed by atoms with Crippen molar-refractivity contribution in [3.8, 4) is 0 Å². The summed E-state index contributed by atoms with van der Waals surface area (Å²) in [5, 5.41) is 8.99. The van der Waals surface area contributed by atoms with Gasteiger partial charge in [-0.1, -0.05) is 31.5 Å². The molecule has 0 radical (unpaired) electrons. The summed E-state index contributed by atoms with van der Waals surface area (Å²) in [5.74, 6) is 0. The van der Waals surface area contributed by atoms with Crippen molar-refractivity contribution in [1.29, 1.82) is 0 Å². The third-order valence-corrected chi connectivity index (χ3v) is 2.00. The van der Waals surface area contributed by atoms with Crippen LogP contribution in [-0.2, 0) is 6.61 Å². The number of aliphatic hydroxyl groups is 1. The highest BCUT2D eigenvalue weighted by atomic mass is 16.3. The van der Waals surface area contributed by atoms with E-state index in [-0.39, 0.29) is 6.61 Å². The predicted molar refractivity (Wildman–Crippen MR) is 57.9 cm³/mol. The average Bonchev–Trinajstić information content (AvgIpc) is 2.07. The minimum absolute atomic E-state index is 0.151. The molecule has 74 valence electrons. The van der Waals surface area contributed by atoms with E-state index in [9.17, 15) is 0 Å². The molecule has 0 unspecified atom stereocenters. The zero-order chi connectivity index (χ0) is 10.4. The van der Waals surface area contributed by atoms with Crippen molar-refractivity contribution in [3.05, 3.63) is 34.4 Å². The van der Waals surface area contributed by atoms with E-state index < -0.39 is 0 Å². The van der Waals surface area contributed by atoms with Crippen molar-refractivity contribution in [2.75, 3.05) is 0 Å². The first-order valence-corrected chi connectivity index (χ1v) is 4.82. The molecule has 0 aromatic heterocycles. The molecule has 0 aliphatic heterocycles. The second-order valence-corrected chi connectivity index (χ2v) is 3.04. The minimum atomic E-state index is 0.151. The van der Waals surface area contributed by atoms with E-state index in [1.54, 1.807) is 0 Å². The van der Waals surface area contributed by atoms with Crippen LogP contribution < -0.4 is 0 Å². The molecule has 1 aromatic rings.